The highest BCUT2D eigenvalue weighted by Crippen LogP contribution is 2.27. The van der Waals surface area contributed by atoms with Crippen molar-refractivity contribution < 1.29 is 23.8 Å². The maximum atomic E-state index is 11.9. The molecule has 23 heavy (non-hydrogen) atoms. The zero-order valence-corrected chi connectivity index (χ0v) is 12.9. The van der Waals surface area contributed by atoms with Crippen LogP contribution in [0.25, 0.3) is 0 Å². The van der Waals surface area contributed by atoms with Gasteiger partial charge in [0.1, 0.15) is 12.0 Å². The molecule has 2 aromatic rings. The molecule has 6 nitrogen and oxygen atoms in total. The molecular weight excluding hydrogens is 298 g/mol. The topological polar surface area (TPSA) is 73.9 Å². The second-order valence-electron chi connectivity index (χ2n) is 4.59. The van der Waals surface area contributed by atoms with E-state index in [2.05, 4.69) is 5.32 Å². The summed E-state index contributed by atoms with van der Waals surface area (Å²) >= 11 is 0. The van der Waals surface area contributed by atoms with E-state index in [9.17, 15) is 9.59 Å². The van der Waals surface area contributed by atoms with E-state index in [0.717, 1.165) is 0 Å². The van der Waals surface area contributed by atoms with Crippen molar-refractivity contribution in [1.29, 1.82) is 0 Å². The van der Waals surface area contributed by atoms with Crippen LogP contribution in [0.5, 0.6) is 17.2 Å². The van der Waals surface area contributed by atoms with Crippen LogP contribution in [-0.2, 0) is 4.79 Å². The van der Waals surface area contributed by atoms with Crippen molar-refractivity contribution in [3.8, 4) is 17.2 Å². The van der Waals surface area contributed by atoms with Gasteiger partial charge >= 0.3 is 0 Å². The van der Waals surface area contributed by atoms with Crippen molar-refractivity contribution >= 4 is 17.9 Å². The summed E-state index contributed by atoms with van der Waals surface area (Å²) in [7, 11) is 3.04. The van der Waals surface area contributed by atoms with E-state index >= 15 is 0 Å². The van der Waals surface area contributed by atoms with Gasteiger partial charge in [0, 0.05) is 11.3 Å². The number of carbonyl (C=O) groups excluding carboxylic acids is 2. The van der Waals surface area contributed by atoms with Gasteiger partial charge in [0.25, 0.3) is 5.91 Å². The fourth-order valence-electron chi connectivity index (χ4n) is 1.89. The van der Waals surface area contributed by atoms with Crippen molar-refractivity contribution in [3.63, 3.8) is 0 Å². The Morgan fingerprint density at radius 1 is 1.04 bits per heavy atom. The molecule has 1 N–H and O–H groups in total. The molecule has 0 radical (unpaired) electrons. The van der Waals surface area contributed by atoms with Gasteiger partial charge < -0.3 is 19.5 Å². The van der Waals surface area contributed by atoms with E-state index in [1.165, 1.54) is 7.11 Å². The molecule has 0 spiro atoms. The number of nitrogens with one attached hydrogen (secondary N) is 1. The minimum atomic E-state index is -0.309. The molecule has 1 amide bonds. The highest BCUT2D eigenvalue weighted by atomic mass is 16.5. The van der Waals surface area contributed by atoms with E-state index in [4.69, 9.17) is 14.2 Å². The number of carbonyl (C=O) groups is 2. The molecule has 0 aromatic heterocycles. The summed E-state index contributed by atoms with van der Waals surface area (Å²) in [5, 5.41) is 2.71. The molecule has 120 valence electrons. The lowest BCUT2D eigenvalue weighted by Crippen LogP contribution is -2.20. The van der Waals surface area contributed by atoms with Gasteiger partial charge in [-0.3, -0.25) is 9.59 Å². The van der Waals surface area contributed by atoms with Crippen LogP contribution in [0.15, 0.2) is 42.5 Å². The van der Waals surface area contributed by atoms with Gasteiger partial charge in [-0.1, -0.05) is 0 Å². The highest BCUT2D eigenvalue weighted by molar-refractivity contribution is 5.92. The number of aldehydes is 1. The molecule has 0 unspecified atom stereocenters. The SMILES string of the molecule is COc1ccc(NC(=O)COc2ccc(C=O)cc2OC)cc1. The summed E-state index contributed by atoms with van der Waals surface area (Å²) < 4.78 is 15.6. The first kappa shape index (κ1) is 16.4. The van der Waals surface area contributed by atoms with E-state index < -0.39 is 0 Å². The fourth-order valence-corrected chi connectivity index (χ4v) is 1.89. The first-order valence-electron chi connectivity index (χ1n) is 6.86. The summed E-state index contributed by atoms with van der Waals surface area (Å²) in [6, 6.07) is 11.7. The predicted octanol–water partition coefficient (Wildman–Crippen LogP) is 2.53. The lowest BCUT2D eigenvalue weighted by molar-refractivity contribution is -0.118. The zero-order chi connectivity index (χ0) is 16.7. The van der Waals surface area contributed by atoms with Crippen LogP contribution < -0.4 is 19.5 Å². The number of hydrogen-bond donors (Lipinski definition) is 1. The largest absolute Gasteiger partial charge is 0.497 e. The average Bonchev–Trinajstić information content (AvgIpc) is 2.60. The zero-order valence-electron chi connectivity index (χ0n) is 12.9. The van der Waals surface area contributed by atoms with Crippen molar-refractivity contribution in [2.75, 3.05) is 26.1 Å². The third-order valence-corrected chi connectivity index (χ3v) is 3.06. The van der Waals surface area contributed by atoms with Crippen LogP contribution in [0.2, 0.25) is 0 Å². The lowest BCUT2D eigenvalue weighted by Gasteiger charge is -2.11. The molecule has 2 aromatic carbocycles. The van der Waals surface area contributed by atoms with Gasteiger partial charge in [-0.05, 0) is 42.5 Å². The van der Waals surface area contributed by atoms with Crippen molar-refractivity contribution in [2.24, 2.45) is 0 Å². The summed E-state index contributed by atoms with van der Waals surface area (Å²) in [5.74, 6) is 1.19. The second-order valence-corrected chi connectivity index (χ2v) is 4.59. The Morgan fingerprint density at radius 2 is 1.78 bits per heavy atom. The van der Waals surface area contributed by atoms with E-state index in [1.54, 1.807) is 49.6 Å². The number of rotatable bonds is 7. The number of benzene rings is 2. The minimum absolute atomic E-state index is 0.178. The monoisotopic (exact) mass is 315 g/mol. The second kappa shape index (κ2) is 7.84. The minimum Gasteiger partial charge on any atom is -0.497 e. The Morgan fingerprint density at radius 3 is 2.39 bits per heavy atom. The first-order chi connectivity index (χ1) is 11.2. The maximum Gasteiger partial charge on any atom is 0.262 e. The quantitative estimate of drug-likeness (QED) is 0.795. The molecule has 0 atom stereocenters. The van der Waals surface area contributed by atoms with E-state index in [-0.39, 0.29) is 12.5 Å². The summed E-state index contributed by atoms with van der Waals surface area (Å²) in [4.78, 5) is 22.6. The average molecular weight is 315 g/mol. The molecule has 0 heterocycles. The molecule has 2 rings (SSSR count). The van der Waals surface area contributed by atoms with Crippen molar-refractivity contribution in [3.05, 3.63) is 48.0 Å². The van der Waals surface area contributed by atoms with Gasteiger partial charge in [0.2, 0.25) is 0 Å². The van der Waals surface area contributed by atoms with Gasteiger partial charge in [0.05, 0.1) is 14.2 Å². The molecule has 0 aliphatic rings. The fraction of sp³-hybridized carbons (Fsp3) is 0.176. The molecule has 0 saturated heterocycles. The maximum absolute atomic E-state index is 11.9. The van der Waals surface area contributed by atoms with Crippen LogP contribution in [0.1, 0.15) is 10.4 Å². The number of amides is 1. The van der Waals surface area contributed by atoms with Gasteiger partial charge in [-0.25, -0.2) is 0 Å². The predicted molar refractivity (Wildman–Crippen MR) is 85.5 cm³/mol. The van der Waals surface area contributed by atoms with E-state index in [1.807, 2.05) is 0 Å². The van der Waals surface area contributed by atoms with Gasteiger partial charge in [0.15, 0.2) is 18.1 Å². The molecule has 0 bridgehead atoms. The van der Waals surface area contributed by atoms with E-state index in [0.29, 0.717) is 34.8 Å². The summed E-state index contributed by atoms with van der Waals surface area (Å²) in [6.45, 7) is -0.178. The number of hydrogen-bond acceptors (Lipinski definition) is 5. The summed E-state index contributed by atoms with van der Waals surface area (Å²) in [5.41, 5.74) is 1.11. The Kier molecular flexibility index (Phi) is 5.57. The Hall–Kier alpha value is -3.02. The Balaban J connectivity index is 1.94. The van der Waals surface area contributed by atoms with Crippen LogP contribution in [0, 0.1) is 0 Å². The number of ether oxygens (including phenoxy) is 3. The standard InChI is InChI=1S/C17H17NO5/c1-21-14-6-4-13(5-7-14)18-17(20)11-23-15-8-3-12(10-19)9-16(15)22-2/h3-10H,11H2,1-2H3,(H,18,20). The normalized spacial score (nSPS) is 9.83. The third-order valence-electron chi connectivity index (χ3n) is 3.06. The van der Waals surface area contributed by atoms with Crippen LogP contribution in [0.4, 0.5) is 5.69 Å². The Bertz CT molecular complexity index is 682. The smallest absolute Gasteiger partial charge is 0.262 e. The van der Waals surface area contributed by atoms with Gasteiger partial charge in [-0.15, -0.1) is 0 Å². The highest BCUT2D eigenvalue weighted by Gasteiger charge is 2.09. The Labute approximate surface area is 134 Å². The molecule has 0 aliphatic heterocycles. The van der Waals surface area contributed by atoms with Crippen molar-refractivity contribution in [1.82, 2.24) is 0 Å². The van der Waals surface area contributed by atoms with Crippen LogP contribution in [-0.4, -0.2) is 33.0 Å². The number of anilines is 1. The summed E-state index contributed by atoms with van der Waals surface area (Å²) in [6.07, 6.45) is 0.711. The first-order valence-corrected chi connectivity index (χ1v) is 6.86. The van der Waals surface area contributed by atoms with Crippen LogP contribution >= 0.6 is 0 Å². The molecule has 0 fully saturated rings. The lowest BCUT2D eigenvalue weighted by atomic mass is 10.2. The van der Waals surface area contributed by atoms with Crippen LogP contribution in [0.3, 0.4) is 0 Å². The van der Waals surface area contributed by atoms with Crippen molar-refractivity contribution in [2.45, 2.75) is 0 Å². The number of methoxy groups -OCH3 is 2. The third kappa shape index (κ3) is 4.47. The molecular formula is C17H17NO5. The molecule has 6 heteroatoms. The molecule has 0 aliphatic carbocycles. The molecule has 0 saturated carbocycles. The van der Waals surface area contributed by atoms with Gasteiger partial charge in [-0.2, -0.15) is 0 Å².